The van der Waals surface area contributed by atoms with Gasteiger partial charge in [-0.3, -0.25) is 19.1 Å². The zero-order valence-corrected chi connectivity index (χ0v) is 43.4. The first-order valence-corrected chi connectivity index (χ1v) is 26.3. The fraction of sp³-hybridized carbons (Fsp3) is 0.700. The summed E-state index contributed by atoms with van der Waals surface area (Å²) in [5.41, 5.74) is -2.93. The van der Waals surface area contributed by atoms with E-state index in [-0.39, 0.29) is 35.5 Å². The standard InChI is InChI=1S/C44H60F2N6O9S.3C2H6.3H2/c1-8-27-22-26(3)12-10-11-13-28-24-44(28,39(55)50-62(57,58)43(9-2)17-18-43)49-36(53)33-23-29(25-52(33)38(54)34(27)48-40(56)61-41(4,5)42(6,45)46)60-37-31-14-15-32-35(30(31)16-19-47-37)59-21-20-51(32)7;3*1-2;;;/h11,13-16,19,26-29,33-34H,8-10,12,17-18,20-25H2,1-7H3,(H,48,56)(H,49,53)(H,50,55);3*1-2H3;3*1H/b13-11-;;;;;;/t26-,27-,28-,29-,33+,34+,44-;;;;;;/m1....../s1. The molecule has 0 bridgehead atoms. The van der Waals surface area contributed by atoms with Gasteiger partial charge < -0.3 is 34.6 Å². The van der Waals surface area contributed by atoms with E-state index >= 15 is 4.79 Å². The van der Waals surface area contributed by atoms with Gasteiger partial charge in [0.05, 0.1) is 23.5 Å². The number of aromatic nitrogens is 1. The van der Waals surface area contributed by atoms with Crippen molar-refractivity contribution in [1.29, 1.82) is 0 Å². The Kier molecular flexibility index (Phi) is 18.7. The van der Waals surface area contributed by atoms with Gasteiger partial charge in [0.2, 0.25) is 27.7 Å². The number of hydrogen-bond donors (Lipinski definition) is 3. The molecule has 4 heterocycles. The molecule has 15 nitrogen and oxygen atoms in total. The first-order valence-electron chi connectivity index (χ1n) is 24.8. The number of carbonyl (C=O) groups is 4. The summed E-state index contributed by atoms with van der Waals surface area (Å²) in [5, 5.41) is 6.91. The van der Waals surface area contributed by atoms with Gasteiger partial charge in [-0.1, -0.05) is 80.9 Å². The van der Waals surface area contributed by atoms with E-state index < -0.39 is 85.7 Å². The van der Waals surface area contributed by atoms with Crippen LogP contribution in [0.4, 0.5) is 19.3 Å². The Morgan fingerprint density at radius 2 is 1.71 bits per heavy atom. The van der Waals surface area contributed by atoms with Gasteiger partial charge in [0, 0.05) is 47.6 Å². The van der Waals surface area contributed by atoms with E-state index in [0.29, 0.717) is 76.2 Å². The van der Waals surface area contributed by atoms with E-state index in [4.69, 9.17) is 14.2 Å². The first-order chi connectivity index (χ1) is 32.2. The highest BCUT2D eigenvalue weighted by Crippen LogP contribution is 2.49. The number of anilines is 1. The quantitative estimate of drug-likeness (QED) is 0.193. The predicted octanol–water partition coefficient (Wildman–Crippen LogP) is 9.42. The van der Waals surface area contributed by atoms with E-state index in [1.165, 1.54) is 4.90 Å². The fourth-order valence-corrected chi connectivity index (χ4v) is 10.7. The third kappa shape index (κ3) is 11.8. The van der Waals surface area contributed by atoms with E-state index in [9.17, 15) is 31.6 Å². The lowest BCUT2D eigenvalue weighted by molar-refractivity contribution is -0.152. The number of ether oxygens (including phenoxy) is 3. The number of benzene rings is 1. The molecule has 2 saturated carbocycles. The van der Waals surface area contributed by atoms with Gasteiger partial charge in [0.15, 0.2) is 11.4 Å². The van der Waals surface area contributed by atoms with Gasteiger partial charge in [-0.2, -0.15) is 0 Å². The number of fused-ring (bicyclic) bond motifs is 5. The number of nitrogens with one attached hydrogen (secondary N) is 3. The maximum absolute atomic E-state index is 15.1. The van der Waals surface area contributed by atoms with Crippen LogP contribution < -0.4 is 29.7 Å². The SMILES string of the molecule is CC.CC.CC.CC[C@@H]1C[C@H](C)CC/C=C\[C@@H]2C[C@@]2(C(=O)NS(=O)(=O)C2(CC)CC2)NC(=O)[C@@H]2C[C@@H](Oc3nccc4c5c(ccc34)N(C)CCO5)CN2C(=O)[C@H]1NC(=O)OC(C)(C)C(C)(F)F.[HH].[HH].[HH]. The summed E-state index contributed by atoms with van der Waals surface area (Å²) < 4.78 is 75.2. The van der Waals surface area contributed by atoms with Crippen molar-refractivity contribution >= 4 is 50.3 Å². The molecule has 1 saturated heterocycles. The minimum absolute atomic E-state index is 0. The van der Waals surface area contributed by atoms with E-state index in [1.807, 2.05) is 92.8 Å². The van der Waals surface area contributed by atoms with E-state index in [1.54, 1.807) is 13.1 Å². The van der Waals surface area contributed by atoms with Crippen molar-refractivity contribution in [1.82, 2.24) is 25.2 Å². The van der Waals surface area contributed by atoms with Crippen LogP contribution in [0.1, 0.15) is 145 Å². The minimum atomic E-state index is -4.07. The summed E-state index contributed by atoms with van der Waals surface area (Å²) in [4.78, 5) is 65.4. The normalized spacial score (nSPS) is 27.0. The third-order valence-corrected chi connectivity index (χ3v) is 16.2. The number of hydrogen-bond acceptors (Lipinski definition) is 11. The largest absolute Gasteiger partial charge is 0.489 e. The number of carbonyl (C=O) groups excluding carboxylic acids is 4. The predicted molar refractivity (Wildman–Crippen MR) is 268 cm³/mol. The van der Waals surface area contributed by atoms with Gasteiger partial charge in [-0.05, 0) is 88.8 Å². The molecule has 1 aromatic carbocycles. The number of sulfonamides is 1. The smallest absolute Gasteiger partial charge is 0.408 e. The molecular weight excluding hydrogens is 899 g/mol. The lowest BCUT2D eigenvalue weighted by Crippen LogP contribution is -2.60. The van der Waals surface area contributed by atoms with Crippen LogP contribution in [0.2, 0.25) is 0 Å². The van der Waals surface area contributed by atoms with Crippen LogP contribution in [0.25, 0.3) is 10.8 Å². The summed E-state index contributed by atoms with van der Waals surface area (Å²) in [6.45, 7) is 21.5. The summed E-state index contributed by atoms with van der Waals surface area (Å²) >= 11 is 0. The summed E-state index contributed by atoms with van der Waals surface area (Å²) in [7, 11) is -2.10. The molecule has 3 N–H and O–H groups in total. The summed E-state index contributed by atoms with van der Waals surface area (Å²) in [5.74, 6) is -5.72. The van der Waals surface area contributed by atoms with Crippen molar-refractivity contribution in [3.8, 4) is 11.6 Å². The summed E-state index contributed by atoms with van der Waals surface area (Å²) in [6, 6.07) is 3.04. The molecule has 0 spiro atoms. The second kappa shape index (κ2) is 22.8. The van der Waals surface area contributed by atoms with Crippen molar-refractivity contribution in [2.45, 2.75) is 181 Å². The van der Waals surface area contributed by atoms with Crippen molar-refractivity contribution in [2.24, 2.45) is 17.8 Å². The molecule has 2 aromatic rings. The highest BCUT2D eigenvalue weighted by molar-refractivity contribution is 7.91. The number of allylic oxidation sites excluding steroid dienone is 1. The second-order valence-corrected chi connectivity index (χ2v) is 20.6. The maximum Gasteiger partial charge on any atom is 0.408 e. The molecule has 68 heavy (non-hydrogen) atoms. The molecule has 5 aliphatic rings. The molecule has 3 aliphatic heterocycles. The molecule has 1 aromatic heterocycles. The number of likely N-dealkylation sites (N-methyl/N-ethyl adjacent to an activating group) is 1. The number of rotatable bonds is 10. The van der Waals surface area contributed by atoms with Crippen LogP contribution in [0, 0.1) is 17.8 Å². The lowest BCUT2D eigenvalue weighted by Gasteiger charge is -2.35. The van der Waals surface area contributed by atoms with Gasteiger partial charge in [-0.25, -0.2) is 27.0 Å². The van der Waals surface area contributed by atoms with E-state index in [0.717, 1.165) is 24.9 Å². The highest BCUT2D eigenvalue weighted by atomic mass is 32.2. The molecule has 0 unspecified atom stereocenters. The Hall–Kier alpha value is -4.74. The minimum Gasteiger partial charge on any atom is -0.489 e. The Balaban J connectivity index is 0.00000270. The topological polar surface area (TPSA) is 186 Å². The van der Waals surface area contributed by atoms with Crippen LogP contribution in [0.15, 0.2) is 36.5 Å². The molecule has 0 radical (unpaired) electrons. The average Bonchev–Trinajstić information content (AvgIpc) is 4.22. The van der Waals surface area contributed by atoms with Crippen LogP contribution in [-0.2, 0) is 29.1 Å². The maximum atomic E-state index is 15.1. The van der Waals surface area contributed by atoms with Crippen molar-refractivity contribution in [3.63, 3.8) is 0 Å². The van der Waals surface area contributed by atoms with Gasteiger partial charge in [0.1, 0.15) is 30.3 Å². The molecule has 388 valence electrons. The van der Waals surface area contributed by atoms with Crippen molar-refractivity contribution in [3.05, 3.63) is 36.5 Å². The summed E-state index contributed by atoms with van der Waals surface area (Å²) in [6.07, 6.45) is 6.69. The highest BCUT2D eigenvalue weighted by Gasteiger charge is 2.63. The van der Waals surface area contributed by atoms with Gasteiger partial charge in [0.25, 0.3) is 11.8 Å². The number of nitrogens with zero attached hydrogens (tertiary/aromatic N) is 3. The van der Waals surface area contributed by atoms with Crippen molar-refractivity contribution in [2.75, 3.05) is 31.6 Å². The monoisotopic (exact) mass is 983 g/mol. The second-order valence-electron chi connectivity index (χ2n) is 18.5. The average molecular weight is 983 g/mol. The Morgan fingerprint density at radius 3 is 2.32 bits per heavy atom. The van der Waals surface area contributed by atoms with Gasteiger partial charge >= 0.3 is 6.09 Å². The number of amides is 4. The number of alkyl halides is 2. The third-order valence-electron chi connectivity index (χ3n) is 13.9. The Bertz CT molecular complexity index is 2250. The zero-order chi connectivity index (χ0) is 51.0. The van der Waals surface area contributed by atoms with E-state index in [2.05, 4.69) is 25.2 Å². The van der Waals surface area contributed by atoms with Gasteiger partial charge in [-0.15, -0.1) is 0 Å². The van der Waals surface area contributed by atoms with Crippen LogP contribution in [0.5, 0.6) is 11.6 Å². The number of pyridine rings is 1. The lowest BCUT2D eigenvalue weighted by atomic mass is 9.85. The van der Waals surface area contributed by atoms with Crippen LogP contribution >= 0.6 is 0 Å². The molecule has 3 fully saturated rings. The Morgan fingerprint density at radius 1 is 1.03 bits per heavy atom. The number of halogens is 2. The molecule has 2 aliphatic carbocycles. The molecule has 18 heteroatoms. The first kappa shape index (κ1) is 55.9. The fourth-order valence-electron chi connectivity index (χ4n) is 9.08. The van der Waals surface area contributed by atoms with Crippen LogP contribution in [0.3, 0.4) is 0 Å². The van der Waals surface area contributed by atoms with Crippen molar-refractivity contribution < 1.29 is 54.9 Å². The molecule has 4 amide bonds. The number of alkyl carbamates (subject to hydrolysis) is 1. The Labute approximate surface area is 407 Å². The molecule has 7 atom stereocenters. The molecular formula is C50H84F2N6O9S. The molecule has 7 rings (SSSR count). The zero-order valence-electron chi connectivity index (χ0n) is 42.6. The van der Waals surface area contributed by atoms with Crippen LogP contribution in [-0.4, -0.2) is 109 Å².